The third-order valence-electron chi connectivity index (χ3n) is 3.49. The summed E-state index contributed by atoms with van der Waals surface area (Å²) in [7, 11) is 0. The van der Waals surface area contributed by atoms with Crippen LogP contribution >= 0.6 is 0 Å². The van der Waals surface area contributed by atoms with E-state index in [2.05, 4.69) is 19.2 Å². The first-order valence-corrected chi connectivity index (χ1v) is 7.90. The van der Waals surface area contributed by atoms with Crippen molar-refractivity contribution in [2.24, 2.45) is 11.7 Å². The van der Waals surface area contributed by atoms with E-state index in [0.717, 1.165) is 6.42 Å². The summed E-state index contributed by atoms with van der Waals surface area (Å²) < 4.78 is 5.67. The summed E-state index contributed by atoms with van der Waals surface area (Å²) in [5.74, 6) is 0.502. The average Bonchev–Trinajstić information content (AvgIpc) is 2.55. The van der Waals surface area contributed by atoms with Gasteiger partial charge in [0.25, 0.3) is 5.91 Å². The average molecular weight is 326 g/mol. The predicted molar refractivity (Wildman–Crippen MR) is 94.3 cm³/mol. The van der Waals surface area contributed by atoms with E-state index in [0.29, 0.717) is 35.1 Å². The molecule has 0 aromatic heterocycles. The lowest BCUT2D eigenvalue weighted by molar-refractivity contribution is 0.0998. The molecule has 0 bridgehead atoms. The number of hydrogen-bond acceptors (Lipinski definition) is 3. The highest BCUT2D eigenvalue weighted by atomic mass is 16.5. The van der Waals surface area contributed by atoms with Gasteiger partial charge in [-0.1, -0.05) is 19.9 Å². The molecule has 2 rings (SSSR count). The van der Waals surface area contributed by atoms with Gasteiger partial charge in [-0.2, -0.15) is 0 Å². The van der Waals surface area contributed by atoms with Crippen molar-refractivity contribution in [2.75, 3.05) is 11.9 Å². The highest BCUT2D eigenvalue weighted by molar-refractivity contribution is 6.04. The Balaban J connectivity index is 2.00. The van der Waals surface area contributed by atoms with Gasteiger partial charge in [0.05, 0.1) is 6.61 Å². The molecule has 3 N–H and O–H groups in total. The fraction of sp³-hybridized carbons (Fsp3) is 0.263. The number of carbonyl (C=O) groups excluding carboxylic acids is 2. The minimum Gasteiger partial charge on any atom is -0.494 e. The first-order chi connectivity index (χ1) is 11.5. The fourth-order valence-electron chi connectivity index (χ4n) is 2.06. The van der Waals surface area contributed by atoms with Crippen LogP contribution in [0.2, 0.25) is 0 Å². The molecule has 0 saturated heterocycles. The van der Waals surface area contributed by atoms with Crippen LogP contribution in [0.5, 0.6) is 5.75 Å². The minimum absolute atomic E-state index is 0.240. The zero-order valence-corrected chi connectivity index (χ0v) is 13.9. The highest BCUT2D eigenvalue weighted by Gasteiger charge is 2.08. The van der Waals surface area contributed by atoms with Gasteiger partial charge in [-0.3, -0.25) is 9.59 Å². The number of nitrogens with two attached hydrogens (primary N) is 1. The topological polar surface area (TPSA) is 81.4 Å². The number of nitrogens with one attached hydrogen (secondary N) is 1. The number of anilines is 1. The second-order valence-corrected chi connectivity index (χ2v) is 5.95. The number of carbonyl (C=O) groups is 2. The Bertz CT molecular complexity index is 709. The smallest absolute Gasteiger partial charge is 0.255 e. The molecular weight excluding hydrogens is 304 g/mol. The summed E-state index contributed by atoms with van der Waals surface area (Å²) in [6.45, 7) is 4.89. The Morgan fingerprint density at radius 1 is 1.08 bits per heavy atom. The maximum atomic E-state index is 12.3. The van der Waals surface area contributed by atoms with Crippen molar-refractivity contribution in [1.29, 1.82) is 0 Å². The summed E-state index contributed by atoms with van der Waals surface area (Å²) in [6, 6.07) is 13.5. The lowest BCUT2D eigenvalue weighted by atomic mass is 10.1. The normalized spacial score (nSPS) is 10.5. The number of amides is 2. The van der Waals surface area contributed by atoms with Crippen molar-refractivity contribution in [3.63, 3.8) is 0 Å². The monoisotopic (exact) mass is 326 g/mol. The van der Waals surface area contributed by atoms with Gasteiger partial charge >= 0.3 is 0 Å². The van der Waals surface area contributed by atoms with Gasteiger partial charge in [0.15, 0.2) is 0 Å². The number of primary amides is 1. The van der Waals surface area contributed by atoms with Crippen LogP contribution in [0.25, 0.3) is 0 Å². The SMILES string of the molecule is CC(C)CCOc1cccc(C(=O)Nc2ccc(C(N)=O)cc2)c1. The molecule has 126 valence electrons. The largest absolute Gasteiger partial charge is 0.494 e. The van der Waals surface area contributed by atoms with Gasteiger partial charge < -0.3 is 15.8 Å². The summed E-state index contributed by atoms with van der Waals surface area (Å²) in [5, 5.41) is 2.78. The molecule has 0 fully saturated rings. The van der Waals surface area contributed by atoms with E-state index in [4.69, 9.17) is 10.5 Å². The Morgan fingerprint density at radius 2 is 1.79 bits per heavy atom. The third kappa shape index (κ3) is 5.12. The van der Waals surface area contributed by atoms with Crippen LogP contribution in [0.4, 0.5) is 5.69 Å². The van der Waals surface area contributed by atoms with E-state index in [9.17, 15) is 9.59 Å². The van der Waals surface area contributed by atoms with Gasteiger partial charge in [0.2, 0.25) is 5.91 Å². The Kier molecular flexibility index (Phi) is 5.95. The van der Waals surface area contributed by atoms with E-state index in [1.807, 2.05) is 6.07 Å². The maximum Gasteiger partial charge on any atom is 0.255 e. The van der Waals surface area contributed by atoms with E-state index in [1.54, 1.807) is 42.5 Å². The van der Waals surface area contributed by atoms with Crippen LogP contribution in [0.1, 0.15) is 41.0 Å². The zero-order valence-electron chi connectivity index (χ0n) is 13.9. The van der Waals surface area contributed by atoms with Crippen molar-refractivity contribution in [3.05, 3.63) is 59.7 Å². The molecule has 0 unspecified atom stereocenters. The molecule has 2 aromatic rings. The van der Waals surface area contributed by atoms with Crippen molar-refractivity contribution < 1.29 is 14.3 Å². The van der Waals surface area contributed by atoms with E-state index < -0.39 is 5.91 Å². The van der Waals surface area contributed by atoms with Gasteiger partial charge in [-0.25, -0.2) is 0 Å². The molecule has 0 aliphatic carbocycles. The molecule has 0 aliphatic heterocycles. The van der Waals surface area contributed by atoms with Crippen LogP contribution < -0.4 is 15.8 Å². The molecule has 2 amide bonds. The van der Waals surface area contributed by atoms with Crippen LogP contribution in [-0.2, 0) is 0 Å². The third-order valence-corrected chi connectivity index (χ3v) is 3.49. The van der Waals surface area contributed by atoms with Crippen LogP contribution in [0.15, 0.2) is 48.5 Å². The summed E-state index contributed by atoms with van der Waals surface area (Å²) >= 11 is 0. The molecular formula is C19H22N2O3. The summed E-state index contributed by atoms with van der Waals surface area (Å²) in [6.07, 6.45) is 0.961. The number of benzene rings is 2. The first-order valence-electron chi connectivity index (χ1n) is 7.90. The van der Waals surface area contributed by atoms with Gasteiger partial charge in [0, 0.05) is 16.8 Å². The molecule has 0 spiro atoms. The molecule has 0 saturated carbocycles. The highest BCUT2D eigenvalue weighted by Crippen LogP contribution is 2.16. The molecule has 5 heteroatoms. The van der Waals surface area contributed by atoms with Crippen molar-refractivity contribution >= 4 is 17.5 Å². The molecule has 0 heterocycles. The molecule has 0 radical (unpaired) electrons. The standard InChI is InChI=1S/C19H22N2O3/c1-13(2)10-11-24-17-5-3-4-15(12-17)19(23)21-16-8-6-14(7-9-16)18(20)22/h3-9,12-13H,10-11H2,1-2H3,(H2,20,22)(H,21,23). The van der Waals surface area contributed by atoms with Gasteiger partial charge in [0.1, 0.15) is 5.75 Å². The van der Waals surface area contributed by atoms with E-state index in [1.165, 1.54) is 0 Å². The van der Waals surface area contributed by atoms with Crippen LogP contribution in [0.3, 0.4) is 0 Å². The first kappa shape index (κ1) is 17.5. The van der Waals surface area contributed by atoms with Gasteiger partial charge in [-0.05, 0) is 54.8 Å². The quantitative estimate of drug-likeness (QED) is 0.817. The molecule has 5 nitrogen and oxygen atoms in total. The van der Waals surface area contributed by atoms with E-state index >= 15 is 0 Å². The van der Waals surface area contributed by atoms with E-state index in [-0.39, 0.29) is 5.91 Å². The van der Waals surface area contributed by atoms with Crippen LogP contribution in [0, 0.1) is 5.92 Å². The van der Waals surface area contributed by atoms with Crippen LogP contribution in [-0.4, -0.2) is 18.4 Å². The van der Waals surface area contributed by atoms with Crippen molar-refractivity contribution in [2.45, 2.75) is 20.3 Å². The lowest BCUT2D eigenvalue weighted by Crippen LogP contribution is -2.13. The lowest BCUT2D eigenvalue weighted by Gasteiger charge is -2.10. The second-order valence-electron chi connectivity index (χ2n) is 5.95. The summed E-state index contributed by atoms with van der Waals surface area (Å²) in [4.78, 5) is 23.4. The minimum atomic E-state index is -0.501. The zero-order chi connectivity index (χ0) is 17.5. The maximum absolute atomic E-state index is 12.3. The Labute approximate surface area is 141 Å². The molecule has 0 aliphatic rings. The molecule has 24 heavy (non-hydrogen) atoms. The molecule has 2 aromatic carbocycles. The van der Waals surface area contributed by atoms with Crippen molar-refractivity contribution in [3.8, 4) is 5.75 Å². The number of rotatable bonds is 7. The Hall–Kier alpha value is -2.82. The second kappa shape index (κ2) is 8.15. The number of ether oxygens (including phenoxy) is 1. The Morgan fingerprint density at radius 3 is 2.42 bits per heavy atom. The van der Waals surface area contributed by atoms with Gasteiger partial charge in [-0.15, -0.1) is 0 Å². The summed E-state index contributed by atoms with van der Waals surface area (Å²) in [5.41, 5.74) is 6.69. The van der Waals surface area contributed by atoms with Crippen molar-refractivity contribution in [1.82, 2.24) is 0 Å². The fourth-order valence-corrected chi connectivity index (χ4v) is 2.06. The molecule has 0 atom stereocenters. The number of hydrogen-bond donors (Lipinski definition) is 2. The predicted octanol–water partition coefficient (Wildman–Crippen LogP) is 3.46.